The molecule has 2 saturated heterocycles. The number of methoxy groups -OCH3 is 2. The summed E-state index contributed by atoms with van der Waals surface area (Å²) in [4.78, 5) is 20.2. The monoisotopic (exact) mass is 535 g/mol. The molecule has 0 bridgehead atoms. The average Bonchev–Trinajstić information content (AvgIpc) is 3.01. The molecular weight excluding hydrogens is 494 g/mol. The smallest absolute Gasteiger partial charge is 0.325 e. The normalized spacial score (nSPS) is 21.4. The standard InChI is InChI=1S/C31H41N3O5/c1-20-10-21(2)12-23(11-20)16-32-8-6-31(7-9-32)28-13-22(3)29-24(14-26(38-4)15-27(29)39-5)17-33(28)30(37)34(31)18-25(36)19-35/h10-15,22,25,35-36H,6-9,16-19H2,1-5H3. The molecule has 0 radical (unpaired) electrons. The van der Waals surface area contributed by atoms with E-state index in [1.807, 2.05) is 21.9 Å². The van der Waals surface area contributed by atoms with Crippen LogP contribution in [0.15, 0.2) is 42.1 Å². The van der Waals surface area contributed by atoms with Crippen LogP contribution in [0.3, 0.4) is 0 Å². The Morgan fingerprint density at radius 3 is 2.36 bits per heavy atom. The molecule has 210 valence electrons. The molecule has 0 saturated carbocycles. The maximum Gasteiger partial charge on any atom is 0.325 e. The van der Waals surface area contributed by atoms with E-state index in [1.165, 1.54) is 16.7 Å². The number of hydrogen-bond donors (Lipinski definition) is 2. The summed E-state index contributed by atoms with van der Waals surface area (Å²) in [5.41, 5.74) is 6.35. The number of carbonyl (C=O) groups is 1. The van der Waals surface area contributed by atoms with Gasteiger partial charge in [-0.3, -0.25) is 9.80 Å². The summed E-state index contributed by atoms with van der Waals surface area (Å²) in [5.74, 6) is 1.46. The topological polar surface area (TPSA) is 85.7 Å². The van der Waals surface area contributed by atoms with Gasteiger partial charge >= 0.3 is 6.03 Å². The van der Waals surface area contributed by atoms with E-state index in [-0.39, 0.29) is 25.1 Å². The fourth-order valence-electron chi connectivity index (χ4n) is 6.85. The summed E-state index contributed by atoms with van der Waals surface area (Å²) in [6.45, 7) is 9.05. The number of aliphatic hydroxyl groups is 2. The predicted octanol–water partition coefficient (Wildman–Crippen LogP) is 3.95. The summed E-state index contributed by atoms with van der Waals surface area (Å²) in [7, 11) is 3.29. The van der Waals surface area contributed by atoms with Gasteiger partial charge in [-0.2, -0.15) is 0 Å². The molecule has 3 aliphatic heterocycles. The second-order valence-corrected chi connectivity index (χ2v) is 11.4. The van der Waals surface area contributed by atoms with Gasteiger partial charge in [-0.25, -0.2) is 4.79 Å². The van der Waals surface area contributed by atoms with Gasteiger partial charge in [0.25, 0.3) is 0 Å². The number of carbonyl (C=O) groups excluding carboxylic acids is 1. The Labute approximate surface area is 231 Å². The Balaban J connectivity index is 1.49. The lowest BCUT2D eigenvalue weighted by atomic mass is 9.81. The van der Waals surface area contributed by atoms with Crippen LogP contribution < -0.4 is 9.47 Å². The van der Waals surface area contributed by atoms with Crippen molar-refractivity contribution < 1.29 is 24.5 Å². The molecule has 5 rings (SSSR count). The SMILES string of the molecule is COc1cc2c(c(OC)c1)C(C)C=C1N(C2)C(=O)N(CC(O)CO)C12CCN(Cc1cc(C)cc(C)c1)CC2. The molecule has 2 aromatic rings. The number of allylic oxidation sites excluding steroid dienone is 1. The Morgan fingerprint density at radius 1 is 1.05 bits per heavy atom. The van der Waals surface area contributed by atoms with Crippen molar-refractivity contribution in [3.8, 4) is 11.5 Å². The maximum atomic E-state index is 14.0. The number of benzene rings is 2. The molecule has 2 N–H and O–H groups in total. The molecule has 8 nitrogen and oxygen atoms in total. The number of aryl methyl sites for hydroxylation is 2. The molecule has 8 heteroatoms. The van der Waals surface area contributed by atoms with Gasteiger partial charge in [0.1, 0.15) is 11.5 Å². The molecule has 0 aliphatic carbocycles. The van der Waals surface area contributed by atoms with Gasteiger partial charge in [0.15, 0.2) is 0 Å². The highest BCUT2D eigenvalue weighted by molar-refractivity contribution is 5.83. The summed E-state index contributed by atoms with van der Waals surface area (Å²) in [5, 5.41) is 20.1. The number of amides is 2. The number of fused-ring (bicyclic) bond motifs is 3. The summed E-state index contributed by atoms with van der Waals surface area (Å²) in [6, 6.07) is 10.4. The Kier molecular flexibility index (Phi) is 7.64. The number of piperidine rings is 1. The number of aliphatic hydroxyl groups excluding tert-OH is 2. The van der Waals surface area contributed by atoms with E-state index in [2.05, 4.69) is 49.9 Å². The minimum absolute atomic E-state index is 0.0153. The number of rotatable bonds is 7. The van der Waals surface area contributed by atoms with E-state index in [0.717, 1.165) is 55.0 Å². The quantitative estimate of drug-likeness (QED) is 0.559. The summed E-state index contributed by atoms with van der Waals surface area (Å²) < 4.78 is 11.3. The fraction of sp³-hybridized carbons (Fsp3) is 0.516. The average molecular weight is 536 g/mol. The minimum Gasteiger partial charge on any atom is -0.497 e. The highest BCUT2D eigenvalue weighted by atomic mass is 16.5. The van der Waals surface area contributed by atoms with Crippen LogP contribution in [0.2, 0.25) is 0 Å². The van der Waals surface area contributed by atoms with Crippen molar-refractivity contribution in [2.75, 3.05) is 40.5 Å². The number of hydrogen-bond acceptors (Lipinski definition) is 6. The second-order valence-electron chi connectivity index (χ2n) is 11.4. The van der Waals surface area contributed by atoms with Crippen molar-refractivity contribution in [2.45, 2.75) is 64.3 Å². The van der Waals surface area contributed by atoms with Gasteiger partial charge in [0, 0.05) is 42.9 Å². The van der Waals surface area contributed by atoms with E-state index >= 15 is 0 Å². The zero-order valence-electron chi connectivity index (χ0n) is 23.7. The van der Waals surface area contributed by atoms with Gasteiger partial charge in [0.05, 0.1) is 45.6 Å². The van der Waals surface area contributed by atoms with Gasteiger partial charge in [-0.05, 0) is 43.9 Å². The highest BCUT2D eigenvalue weighted by Gasteiger charge is 2.55. The van der Waals surface area contributed by atoms with Crippen LogP contribution in [0.4, 0.5) is 4.79 Å². The number of urea groups is 1. The van der Waals surface area contributed by atoms with Crippen molar-refractivity contribution in [3.05, 3.63) is 69.9 Å². The van der Waals surface area contributed by atoms with Gasteiger partial charge < -0.3 is 24.6 Å². The molecule has 2 amide bonds. The van der Waals surface area contributed by atoms with Crippen molar-refractivity contribution >= 4 is 6.03 Å². The first-order chi connectivity index (χ1) is 18.7. The third-order valence-corrected chi connectivity index (χ3v) is 8.57. The van der Waals surface area contributed by atoms with Gasteiger partial charge in [-0.1, -0.05) is 42.3 Å². The highest BCUT2D eigenvalue weighted by Crippen LogP contribution is 2.49. The lowest BCUT2D eigenvalue weighted by Crippen LogP contribution is -2.55. The molecular formula is C31H41N3O5. The first kappa shape index (κ1) is 27.5. The Morgan fingerprint density at radius 2 is 1.74 bits per heavy atom. The zero-order valence-corrected chi connectivity index (χ0v) is 23.7. The minimum atomic E-state index is -0.992. The fourth-order valence-corrected chi connectivity index (χ4v) is 6.85. The number of β-amino-alcohol motifs (C(OH)–C–C–N with tert-alkyl or cyclic N) is 1. The van der Waals surface area contributed by atoms with E-state index < -0.39 is 11.6 Å². The number of ether oxygens (including phenoxy) is 2. The van der Waals surface area contributed by atoms with Crippen LogP contribution in [0.5, 0.6) is 11.5 Å². The Bertz CT molecular complexity index is 1250. The zero-order chi connectivity index (χ0) is 27.9. The molecule has 2 unspecified atom stereocenters. The van der Waals surface area contributed by atoms with Crippen LogP contribution >= 0.6 is 0 Å². The van der Waals surface area contributed by atoms with Crippen molar-refractivity contribution in [3.63, 3.8) is 0 Å². The van der Waals surface area contributed by atoms with Crippen LogP contribution in [0, 0.1) is 13.8 Å². The van der Waals surface area contributed by atoms with Crippen LogP contribution in [-0.2, 0) is 13.1 Å². The van der Waals surface area contributed by atoms with E-state index in [1.54, 1.807) is 14.2 Å². The molecule has 39 heavy (non-hydrogen) atoms. The largest absolute Gasteiger partial charge is 0.497 e. The molecule has 2 aromatic carbocycles. The van der Waals surface area contributed by atoms with Gasteiger partial charge in [-0.15, -0.1) is 0 Å². The van der Waals surface area contributed by atoms with E-state index in [4.69, 9.17) is 9.47 Å². The van der Waals surface area contributed by atoms with Crippen molar-refractivity contribution in [1.82, 2.24) is 14.7 Å². The molecule has 0 aromatic heterocycles. The third-order valence-electron chi connectivity index (χ3n) is 8.57. The summed E-state index contributed by atoms with van der Waals surface area (Å²) in [6.07, 6.45) is 2.73. The maximum absolute atomic E-state index is 14.0. The molecule has 1 spiro atoms. The lowest BCUT2D eigenvalue weighted by Gasteiger charge is -2.45. The predicted molar refractivity (Wildman–Crippen MR) is 150 cm³/mol. The van der Waals surface area contributed by atoms with E-state index in [9.17, 15) is 15.0 Å². The third kappa shape index (κ3) is 5.01. The number of nitrogens with zero attached hydrogens (tertiary/aromatic N) is 3. The van der Waals surface area contributed by atoms with Crippen molar-refractivity contribution in [2.24, 2.45) is 0 Å². The second kappa shape index (κ2) is 10.8. The Hall–Kier alpha value is -3.07. The molecule has 2 fully saturated rings. The summed E-state index contributed by atoms with van der Waals surface area (Å²) >= 11 is 0. The number of likely N-dealkylation sites (tertiary alicyclic amines) is 1. The molecule has 3 heterocycles. The van der Waals surface area contributed by atoms with Crippen molar-refractivity contribution in [1.29, 1.82) is 0 Å². The molecule has 2 atom stereocenters. The molecule has 3 aliphatic rings. The van der Waals surface area contributed by atoms with E-state index in [0.29, 0.717) is 12.3 Å². The first-order valence-corrected chi connectivity index (χ1v) is 13.8. The van der Waals surface area contributed by atoms with Crippen LogP contribution in [0.1, 0.15) is 53.5 Å². The van der Waals surface area contributed by atoms with Crippen LogP contribution in [-0.4, -0.2) is 83.0 Å². The van der Waals surface area contributed by atoms with Crippen LogP contribution in [0.25, 0.3) is 0 Å². The van der Waals surface area contributed by atoms with Gasteiger partial charge in [0.2, 0.25) is 0 Å². The first-order valence-electron chi connectivity index (χ1n) is 13.8. The lowest BCUT2D eigenvalue weighted by molar-refractivity contribution is 0.0280.